The molecule has 0 aromatic carbocycles. The van der Waals surface area contributed by atoms with Crippen LogP contribution < -0.4 is 5.32 Å². The first-order valence-electron chi connectivity index (χ1n) is 5.51. The van der Waals surface area contributed by atoms with E-state index >= 15 is 0 Å². The van der Waals surface area contributed by atoms with Crippen LogP contribution in [0, 0.1) is 13.8 Å². The zero-order chi connectivity index (χ0) is 14.0. The molecule has 0 saturated heterocycles. The van der Waals surface area contributed by atoms with Crippen molar-refractivity contribution in [3.05, 3.63) is 45.0 Å². The lowest BCUT2D eigenvalue weighted by Gasteiger charge is -2.06. The Hall–Kier alpha value is -1.59. The van der Waals surface area contributed by atoms with E-state index in [0.717, 1.165) is 11.3 Å². The number of carbonyl (C=O) groups is 1. The molecule has 0 spiro atoms. The highest BCUT2D eigenvalue weighted by Gasteiger charge is 2.15. The smallest absolute Gasteiger partial charge is 0.271 e. The Morgan fingerprint density at radius 2 is 2.11 bits per heavy atom. The van der Waals surface area contributed by atoms with Gasteiger partial charge < -0.3 is 9.84 Å². The van der Waals surface area contributed by atoms with Crippen LogP contribution in [-0.4, -0.2) is 16.0 Å². The Kier molecular flexibility index (Phi) is 4.07. The fraction of sp³-hybridized carbons (Fsp3) is 0.250. The third kappa shape index (κ3) is 3.05. The first-order valence-corrected chi connectivity index (χ1v) is 6.26. The topological polar surface area (TPSA) is 68.0 Å². The molecule has 2 heterocycles. The molecule has 0 saturated carbocycles. The molecule has 0 aliphatic rings. The Morgan fingerprint density at radius 1 is 1.37 bits per heavy atom. The second-order valence-electron chi connectivity index (χ2n) is 3.95. The average molecular weight is 300 g/mol. The fourth-order valence-electron chi connectivity index (χ4n) is 1.58. The number of rotatable bonds is 3. The van der Waals surface area contributed by atoms with Crippen molar-refractivity contribution in [3.63, 3.8) is 0 Å². The minimum atomic E-state index is -0.396. The third-order valence-electron chi connectivity index (χ3n) is 2.63. The maximum Gasteiger partial charge on any atom is 0.271 e. The molecule has 0 bridgehead atoms. The average Bonchev–Trinajstić information content (AvgIpc) is 2.69. The molecule has 19 heavy (non-hydrogen) atoms. The summed E-state index contributed by atoms with van der Waals surface area (Å²) in [6, 6.07) is 3.05. The lowest BCUT2D eigenvalue weighted by molar-refractivity contribution is 0.0946. The first-order chi connectivity index (χ1) is 8.99. The van der Waals surface area contributed by atoms with Gasteiger partial charge in [0.25, 0.3) is 5.91 Å². The van der Waals surface area contributed by atoms with Gasteiger partial charge in [0.15, 0.2) is 0 Å². The zero-order valence-electron chi connectivity index (χ0n) is 10.3. The van der Waals surface area contributed by atoms with Crippen molar-refractivity contribution in [2.45, 2.75) is 20.4 Å². The predicted molar refractivity (Wildman–Crippen MR) is 71.4 cm³/mol. The van der Waals surface area contributed by atoms with Crippen molar-refractivity contribution in [2.75, 3.05) is 0 Å². The fourth-order valence-corrected chi connectivity index (χ4v) is 1.92. The molecule has 1 amide bonds. The van der Waals surface area contributed by atoms with Crippen LogP contribution >= 0.6 is 23.2 Å². The second-order valence-corrected chi connectivity index (χ2v) is 4.74. The number of amides is 1. The standard InChI is InChI=1S/C12H11Cl2N3O2/c1-6-8(7(2)19-17-6)5-15-12(18)11-9(13)3-4-10(14)16-11/h3-4H,5H2,1-2H3,(H,15,18). The number of halogens is 2. The number of nitrogens with zero attached hydrogens (tertiary/aromatic N) is 2. The number of carbonyl (C=O) groups excluding carboxylic acids is 1. The number of aromatic nitrogens is 2. The van der Waals surface area contributed by atoms with Gasteiger partial charge in [0, 0.05) is 12.1 Å². The van der Waals surface area contributed by atoms with Gasteiger partial charge in [-0.25, -0.2) is 4.98 Å². The van der Waals surface area contributed by atoms with Crippen LogP contribution in [0.1, 0.15) is 27.5 Å². The van der Waals surface area contributed by atoms with E-state index in [-0.39, 0.29) is 15.9 Å². The molecule has 5 nitrogen and oxygen atoms in total. The maximum absolute atomic E-state index is 12.0. The minimum Gasteiger partial charge on any atom is -0.361 e. The van der Waals surface area contributed by atoms with Crippen LogP contribution in [-0.2, 0) is 6.54 Å². The summed E-state index contributed by atoms with van der Waals surface area (Å²) in [6.45, 7) is 3.89. The number of aryl methyl sites for hydroxylation is 2. The molecule has 0 radical (unpaired) electrons. The van der Waals surface area contributed by atoms with Gasteiger partial charge in [0.05, 0.1) is 10.7 Å². The zero-order valence-corrected chi connectivity index (χ0v) is 11.8. The van der Waals surface area contributed by atoms with Crippen molar-refractivity contribution < 1.29 is 9.32 Å². The summed E-state index contributed by atoms with van der Waals surface area (Å²) in [5.74, 6) is 0.274. The summed E-state index contributed by atoms with van der Waals surface area (Å²) in [4.78, 5) is 15.9. The largest absolute Gasteiger partial charge is 0.361 e. The summed E-state index contributed by atoms with van der Waals surface area (Å²) in [5.41, 5.74) is 1.68. The molecule has 0 aliphatic heterocycles. The highest BCUT2D eigenvalue weighted by atomic mass is 35.5. The van der Waals surface area contributed by atoms with Gasteiger partial charge in [-0.05, 0) is 26.0 Å². The molecule has 0 atom stereocenters. The van der Waals surface area contributed by atoms with Gasteiger partial charge in [0.1, 0.15) is 16.6 Å². The lowest BCUT2D eigenvalue weighted by Crippen LogP contribution is -2.24. The van der Waals surface area contributed by atoms with Crippen molar-refractivity contribution in [3.8, 4) is 0 Å². The Morgan fingerprint density at radius 3 is 2.74 bits per heavy atom. The van der Waals surface area contributed by atoms with E-state index in [2.05, 4.69) is 15.5 Å². The molecular weight excluding hydrogens is 289 g/mol. The van der Waals surface area contributed by atoms with Crippen LogP contribution in [0.3, 0.4) is 0 Å². The molecule has 100 valence electrons. The molecular formula is C12H11Cl2N3O2. The van der Waals surface area contributed by atoms with E-state index in [4.69, 9.17) is 27.7 Å². The van der Waals surface area contributed by atoms with Crippen molar-refractivity contribution in [2.24, 2.45) is 0 Å². The Bertz CT molecular complexity index is 606. The molecule has 7 heteroatoms. The summed E-state index contributed by atoms with van der Waals surface area (Å²) >= 11 is 11.6. The van der Waals surface area contributed by atoms with E-state index in [1.54, 1.807) is 6.92 Å². The molecule has 0 fully saturated rings. The van der Waals surface area contributed by atoms with Crippen molar-refractivity contribution >= 4 is 29.1 Å². The number of hydrogen-bond acceptors (Lipinski definition) is 4. The van der Waals surface area contributed by atoms with Crippen molar-refractivity contribution in [1.82, 2.24) is 15.5 Å². The molecule has 0 unspecified atom stereocenters. The summed E-state index contributed by atoms with van der Waals surface area (Å²) in [7, 11) is 0. The van der Waals surface area contributed by atoms with E-state index < -0.39 is 5.91 Å². The minimum absolute atomic E-state index is 0.0981. The summed E-state index contributed by atoms with van der Waals surface area (Å²) in [5, 5.41) is 6.98. The van der Waals surface area contributed by atoms with E-state index in [9.17, 15) is 4.79 Å². The summed E-state index contributed by atoms with van der Waals surface area (Å²) in [6.07, 6.45) is 0. The lowest BCUT2D eigenvalue weighted by atomic mass is 10.2. The van der Waals surface area contributed by atoms with Crippen LogP contribution in [0.15, 0.2) is 16.7 Å². The van der Waals surface area contributed by atoms with Crippen LogP contribution in [0.25, 0.3) is 0 Å². The van der Waals surface area contributed by atoms with E-state index in [1.807, 2.05) is 6.92 Å². The van der Waals surface area contributed by atoms with Gasteiger partial charge in [-0.1, -0.05) is 28.4 Å². The molecule has 2 aromatic heterocycles. The van der Waals surface area contributed by atoms with E-state index in [1.165, 1.54) is 12.1 Å². The summed E-state index contributed by atoms with van der Waals surface area (Å²) < 4.78 is 5.01. The first kappa shape index (κ1) is 13.8. The quantitative estimate of drug-likeness (QED) is 0.885. The maximum atomic E-state index is 12.0. The highest BCUT2D eigenvalue weighted by Crippen LogP contribution is 2.17. The van der Waals surface area contributed by atoms with Gasteiger partial charge >= 0.3 is 0 Å². The van der Waals surface area contributed by atoms with Crippen LogP contribution in [0.2, 0.25) is 10.2 Å². The Labute approximate surface area is 119 Å². The molecule has 1 N–H and O–H groups in total. The molecule has 2 rings (SSSR count). The van der Waals surface area contributed by atoms with Gasteiger partial charge in [-0.3, -0.25) is 4.79 Å². The SMILES string of the molecule is Cc1noc(C)c1CNC(=O)c1nc(Cl)ccc1Cl. The van der Waals surface area contributed by atoms with Gasteiger partial charge in [-0.2, -0.15) is 0 Å². The predicted octanol–water partition coefficient (Wildman–Crippen LogP) is 2.92. The second kappa shape index (κ2) is 5.59. The normalized spacial score (nSPS) is 10.5. The monoisotopic (exact) mass is 299 g/mol. The number of pyridine rings is 1. The highest BCUT2D eigenvalue weighted by molar-refractivity contribution is 6.34. The molecule has 0 aliphatic carbocycles. The molecule has 2 aromatic rings. The van der Waals surface area contributed by atoms with Gasteiger partial charge in [-0.15, -0.1) is 0 Å². The Balaban J connectivity index is 2.12. The van der Waals surface area contributed by atoms with Crippen LogP contribution in [0.5, 0.6) is 0 Å². The third-order valence-corrected chi connectivity index (χ3v) is 3.15. The number of nitrogens with one attached hydrogen (secondary N) is 1. The van der Waals surface area contributed by atoms with E-state index in [0.29, 0.717) is 12.3 Å². The number of hydrogen-bond donors (Lipinski definition) is 1. The van der Waals surface area contributed by atoms with Crippen molar-refractivity contribution in [1.29, 1.82) is 0 Å². The van der Waals surface area contributed by atoms with Gasteiger partial charge in [0.2, 0.25) is 0 Å². The van der Waals surface area contributed by atoms with Crippen LogP contribution in [0.4, 0.5) is 0 Å².